The summed E-state index contributed by atoms with van der Waals surface area (Å²) in [6, 6.07) is -2.52. The van der Waals surface area contributed by atoms with Crippen molar-refractivity contribution in [1.29, 1.82) is 0 Å². The van der Waals surface area contributed by atoms with E-state index in [-0.39, 0.29) is 36.3 Å². The third-order valence-electron chi connectivity index (χ3n) is 9.93. The number of carbonyl (C=O) groups excluding carboxylic acids is 6. The van der Waals surface area contributed by atoms with Gasteiger partial charge in [-0.15, -0.1) is 6.58 Å². The number of ketones is 1. The average Bonchev–Trinajstić information content (AvgIpc) is 3.80. The van der Waals surface area contributed by atoms with E-state index in [1.54, 1.807) is 0 Å². The molecular formula is C30H45N5O6. The van der Waals surface area contributed by atoms with Crippen LogP contribution in [-0.4, -0.2) is 78.5 Å². The molecule has 0 spiro atoms. The SMILES string of the molecule is C=CCNC(=O)C(=O)C(CC1CC1)NC(=O)[C@@H]1C2C(CN1C(=O)CNC(=O)[C@@H](NC=O)C1(C)CCCCC1)C2(C)C. The Balaban J connectivity index is 1.43. The molecule has 0 radical (unpaired) electrons. The molecule has 4 fully saturated rings. The van der Waals surface area contributed by atoms with E-state index in [0.29, 0.717) is 19.4 Å². The van der Waals surface area contributed by atoms with Gasteiger partial charge in [-0.1, -0.05) is 59.0 Å². The largest absolute Gasteiger partial charge is 0.346 e. The Morgan fingerprint density at radius 2 is 1.71 bits per heavy atom. The first-order valence-corrected chi connectivity index (χ1v) is 14.9. The lowest BCUT2D eigenvalue weighted by Gasteiger charge is -2.39. The Morgan fingerprint density at radius 3 is 2.32 bits per heavy atom. The summed E-state index contributed by atoms with van der Waals surface area (Å²) in [6.07, 6.45) is 8.92. The molecule has 3 aliphatic carbocycles. The highest BCUT2D eigenvalue weighted by molar-refractivity contribution is 6.38. The zero-order valence-corrected chi connectivity index (χ0v) is 24.5. The predicted octanol–water partition coefficient (Wildman–Crippen LogP) is 0.827. The van der Waals surface area contributed by atoms with Gasteiger partial charge < -0.3 is 26.2 Å². The number of nitrogens with one attached hydrogen (secondary N) is 4. The fraction of sp³-hybridized carbons (Fsp3) is 0.733. The van der Waals surface area contributed by atoms with Crippen molar-refractivity contribution < 1.29 is 28.8 Å². The monoisotopic (exact) mass is 571 g/mol. The van der Waals surface area contributed by atoms with Crippen LogP contribution >= 0.6 is 0 Å². The van der Waals surface area contributed by atoms with Crippen molar-refractivity contribution in [3.8, 4) is 0 Å². The van der Waals surface area contributed by atoms with Gasteiger partial charge in [-0.2, -0.15) is 0 Å². The van der Waals surface area contributed by atoms with Crippen LogP contribution in [0.25, 0.3) is 0 Å². The number of piperidine rings is 1. The van der Waals surface area contributed by atoms with Gasteiger partial charge in [0.05, 0.1) is 12.6 Å². The van der Waals surface area contributed by atoms with Crippen molar-refractivity contribution in [2.24, 2.45) is 28.6 Å². The van der Waals surface area contributed by atoms with Crippen LogP contribution in [0.5, 0.6) is 0 Å². The van der Waals surface area contributed by atoms with Gasteiger partial charge in [-0.05, 0) is 47.8 Å². The van der Waals surface area contributed by atoms with Crippen molar-refractivity contribution in [3.05, 3.63) is 12.7 Å². The number of likely N-dealkylation sites (tertiary alicyclic amines) is 1. The number of nitrogens with zero attached hydrogens (tertiary/aromatic N) is 1. The Kier molecular flexibility index (Phi) is 9.23. The summed E-state index contributed by atoms with van der Waals surface area (Å²) >= 11 is 0. The van der Waals surface area contributed by atoms with Crippen LogP contribution in [0.2, 0.25) is 0 Å². The molecule has 0 aromatic rings. The van der Waals surface area contributed by atoms with E-state index in [0.717, 1.165) is 44.9 Å². The highest BCUT2D eigenvalue weighted by atomic mass is 16.2. The van der Waals surface area contributed by atoms with Crippen LogP contribution in [0.4, 0.5) is 0 Å². The van der Waals surface area contributed by atoms with Crippen LogP contribution in [-0.2, 0) is 28.8 Å². The number of amides is 5. The van der Waals surface area contributed by atoms with Crippen LogP contribution in [0, 0.1) is 28.6 Å². The van der Waals surface area contributed by atoms with Crippen molar-refractivity contribution in [2.75, 3.05) is 19.6 Å². The first-order valence-electron chi connectivity index (χ1n) is 14.9. The molecule has 4 aliphatic rings. The van der Waals surface area contributed by atoms with Gasteiger partial charge in [0.1, 0.15) is 12.1 Å². The molecule has 0 bridgehead atoms. The van der Waals surface area contributed by atoms with Gasteiger partial charge >= 0.3 is 0 Å². The van der Waals surface area contributed by atoms with Gasteiger partial charge in [0.2, 0.25) is 29.9 Å². The van der Waals surface area contributed by atoms with Crippen LogP contribution < -0.4 is 21.3 Å². The van der Waals surface area contributed by atoms with Crippen molar-refractivity contribution in [2.45, 2.75) is 90.3 Å². The lowest BCUT2D eigenvalue weighted by atomic mass is 9.70. The maximum absolute atomic E-state index is 13.7. The molecule has 1 saturated heterocycles. The molecule has 1 aliphatic heterocycles. The fourth-order valence-corrected chi connectivity index (χ4v) is 7.10. The third kappa shape index (κ3) is 6.64. The molecule has 5 atom stereocenters. The second-order valence-corrected chi connectivity index (χ2v) is 13.2. The number of fused-ring (bicyclic) bond motifs is 1. The van der Waals surface area contributed by atoms with E-state index >= 15 is 0 Å². The van der Waals surface area contributed by atoms with E-state index in [4.69, 9.17) is 0 Å². The Morgan fingerprint density at radius 1 is 1.02 bits per heavy atom. The number of rotatable bonds is 14. The minimum atomic E-state index is -0.969. The summed E-state index contributed by atoms with van der Waals surface area (Å²) < 4.78 is 0. The maximum atomic E-state index is 13.7. The van der Waals surface area contributed by atoms with E-state index in [1.807, 2.05) is 6.92 Å². The molecule has 41 heavy (non-hydrogen) atoms. The summed E-state index contributed by atoms with van der Waals surface area (Å²) in [5.41, 5.74) is -0.539. The van der Waals surface area contributed by atoms with E-state index < -0.39 is 53.0 Å². The number of Topliss-reactive ketones (excluding diaryl/α,β-unsaturated/α-hetero) is 1. The first kappa shape index (κ1) is 30.7. The van der Waals surface area contributed by atoms with Crippen molar-refractivity contribution in [3.63, 3.8) is 0 Å². The smallest absolute Gasteiger partial charge is 0.289 e. The molecule has 4 rings (SSSR count). The first-order chi connectivity index (χ1) is 19.4. The molecular weight excluding hydrogens is 526 g/mol. The van der Waals surface area contributed by atoms with Gasteiger partial charge in [0.15, 0.2) is 0 Å². The molecule has 4 N–H and O–H groups in total. The fourth-order valence-electron chi connectivity index (χ4n) is 7.10. The minimum Gasteiger partial charge on any atom is -0.346 e. The van der Waals surface area contributed by atoms with Crippen molar-refractivity contribution >= 4 is 35.8 Å². The van der Waals surface area contributed by atoms with E-state index in [9.17, 15) is 28.8 Å². The zero-order chi connectivity index (χ0) is 29.9. The Bertz CT molecular complexity index is 1080. The molecule has 11 nitrogen and oxygen atoms in total. The highest BCUT2D eigenvalue weighted by Gasteiger charge is 2.69. The highest BCUT2D eigenvalue weighted by Crippen LogP contribution is 2.64. The topological polar surface area (TPSA) is 154 Å². The number of carbonyl (C=O) groups is 6. The minimum absolute atomic E-state index is 0.0842. The third-order valence-corrected chi connectivity index (χ3v) is 9.93. The maximum Gasteiger partial charge on any atom is 0.289 e. The molecule has 11 heteroatoms. The number of hydrogen-bond donors (Lipinski definition) is 4. The molecule has 3 unspecified atom stereocenters. The predicted molar refractivity (Wildman–Crippen MR) is 151 cm³/mol. The van der Waals surface area contributed by atoms with Gasteiger partial charge in [0.25, 0.3) is 5.91 Å². The summed E-state index contributed by atoms with van der Waals surface area (Å²) in [7, 11) is 0. The summed E-state index contributed by atoms with van der Waals surface area (Å²) in [6.45, 7) is 9.86. The van der Waals surface area contributed by atoms with Gasteiger partial charge in [-0.3, -0.25) is 28.8 Å². The van der Waals surface area contributed by atoms with Gasteiger partial charge in [0, 0.05) is 13.1 Å². The number of hydrogen-bond acceptors (Lipinski definition) is 6. The summed E-state index contributed by atoms with van der Waals surface area (Å²) in [5, 5.41) is 10.7. The van der Waals surface area contributed by atoms with Crippen LogP contribution in [0.15, 0.2) is 12.7 Å². The lowest BCUT2D eigenvalue weighted by molar-refractivity contribution is -0.143. The summed E-state index contributed by atoms with van der Waals surface area (Å²) in [5.74, 6) is -2.42. The second-order valence-electron chi connectivity index (χ2n) is 13.2. The Labute approximate surface area is 242 Å². The molecule has 0 aromatic carbocycles. The van der Waals surface area contributed by atoms with Gasteiger partial charge in [-0.25, -0.2) is 0 Å². The van der Waals surface area contributed by atoms with E-state index in [2.05, 4.69) is 41.7 Å². The normalized spacial score (nSPS) is 26.9. The molecule has 1 heterocycles. The second kappa shape index (κ2) is 12.3. The molecule has 3 saturated carbocycles. The Hall–Kier alpha value is -3.24. The lowest BCUT2D eigenvalue weighted by Crippen LogP contribution is -2.58. The quantitative estimate of drug-likeness (QED) is 0.138. The molecule has 226 valence electrons. The summed E-state index contributed by atoms with van der Waals surface area (Å²) in [4.78, 5) is 78.4. The van der Waals surface area contributed by atoms with Crippen LogP contribution in [0.3, 0.4) is 0 Å². The van der Waals surface area contributed by atoms with Crippen molar-refractivity contribution in [1.82, 2.24) is 26.2 Å². The average molecular weight is 572 g/mol. The molecule has 0 aromatic heterocycles. The zero-order valence-electron chi connectivity index (χ0n) is 24.5. The standard InChI is InChI=1S/C30H45N5O6/c1-5-13-31-27(40)24(38)20(14-18-9-10-18)34-26(39)23-22-19(29(22,2)3)16-35(23)21(37)15-32-28(41)25(33-17-36)30(4)11-7-6-8-12-30/h5,17-20,22-23,25H,1,6-16H2,2-4H3,(H,31,40)(H,32,41)(H,33,36)(H,34,39)/t19?,20?,22?,23-,25+/m0/s1. The van der Waals surface area contributed by atoms with Crippen LogP contribution in [0.1, 0.15) is 72.1 Å². The van der Waals surface area contributed by atoms with E-state index in [1.165, 1.54) is 11.0 Å². The molecule has 5 amide bonds.